The van der Waals surface area contributed by atoms with Crippen LogP contribution in [-0.2, 0) is 0 Å². The highest BCUT2D eigenvalue weighted by Gasteiger charge is 2.15. The SMILES string of the molecule is CCCCNC(=O)c1sc2cc(C)ccc2c1N. The van der Waals surface area contributed by atoms with Crippen LogP contribution in [0.5, 0.6) is 0 Å². The number of hydrogen-bond donors (Lipinski definition) is 2. The Kier molecular flexibility index (Phi) is 3.87. The summed E-state index contributed by atoms with van der Waals surface area (Å²) in [5, 5.41) is 3.89. The van der Waals surface area contributed by atoms with Crippen LogP contribution in [0.25, 0.3) is 10.1 Å². The lowest BCUT2D eigenvalue weighted by molar-refractivity contribution is 0.0958. The zero-order chi connectivity index (χ0) is 13.1. The quantitative estimate of drug-likeness (QED) is 0.830. The van der Waals surface area contributed by atoms with Crippen molar-refractivity contribution < 1.29 is 4.79 Å². The molecule has 0 radical (unpaired) electrons. The number of nitrogen functional groups attached to an aromatic ring is 1. The number of benzene rings is 1. The zero-order valence-corrected chi connectivity index (χ0v) is 11.6. The Morgan fingerprint density at radius 2 is 2.22 bits per heavy atom. The van der Waals surface area contributed by atoms with E-state index in [4.69, 9.17) is 5.73 Å². The molecule has 0 aliphatic carbocycles. The number of aryl methyl sites for hydroxylation is 1. The first-order chi connectivity index (χ1) is 8.63. The predicted octanol–water partition coefficient (Wildman–Crippen LogP) is 3.32. The van der Waals surface area contributed by atoms with Gasteiger partial charge in [-0.3, -0.25) is 4.79 Å². The fraction of sp³-hybridized carbons (Fsp3) is 0.357. The van der Waals surface area contributed by atoms with Gasteiger partial charge in [0.2, 0.25) is 0 Å². The van der Waals surface area contributed by atoms with E-state index >= 15 is 0 Å². The number of unbranched alkanes of at least 4 members (excludes halogenated alkanes) is 1. The molecule has 0 unspecified atom stereocenters. The average Bonchev–Trinajstić information content (AvgIpc) is 2.66. The van der Waals surface area contributed by atoms with Crippen molar-refractivity contribution >= 4 is 33.0 Å². The van der Waals surface area contributed by atoms with Crippen molar-refractivity contribution in [3.63, 3.8) is 0 Å². The number of rotatable bonds is 4. The van der Waals surface area contributed by atoms with Crippen LogP contribution in [0.15, 0.2) is 18.2 Å². The molecular formula is C14H18N2OS. The molecule has 0 bridgehead atoms. The van der Waals surface area contributed by atoms with Gasteiger partial charge in [0, 0.05) is 16.6 Å². The van der Waals surface area contributed by atoms with Crippen molar-refractivity contribution in [2.75, 3.05) is 12.3 Å². The van der Waals surface area contributed by atoms with E-state index in [0.717, 1.165) is 22.9 Å². The third-order valence-electron chi connectivity index (χ3n) is 2.91. The summed E-state index contributed by atoms with van der Waals surface area (Å²) in [5.41, 5.74) is 7.83. The standard InChI is InChI=1S/C14H18N2OS/c1-3-4-7-16-14(17)13-12(15)10-6-5-9(2)8-11(10)18-13/h5-6,8H,3-4,7,15H2,1-2H3,(H,16,17). The Bertz CT molecular complexity index is 574. The monoisotopic (exact) mass is 262 g/mol. The van der Waals surface area contributed by atoms with Gasteiger partial charge in [0.1, 0.15) is 4.88 Å². The fourth-order valence-electron chi connectivity index (χ4n) is 1.85. The Morgan fingerprint density at radius 1 is 1.44 bits per heavy atom. The number of carbonyl (C=O) groups excluding carboxylic acids is 1. The Balaban J connectivity index is 2.28. The third kappa shape index (κ3) is 2.48. The number of hydrogen-bond acceptors (Lipinski definition) is 3. The molecule has 2 aromatic rings. The first-order valence-corrected chi connectivity index (χ1v) is 7.02. The van der Waals surface area contributed by atoms with Crippen LogP contribution in [0.1, 0.15) is 35.0 Å². The van der Waals surface area contributed by atoms with E-state index < -0.39 is 0 Å². The molecule has 0 aliphatic heterocycles. The van der Waals surface area contributed by atoms with Crippen molar-refractivity contribution in [1.82, 2.24) is 5.32 Å². The van der Waals surface area contributed by atoms with Gasteiger partial charge in [0.25, 0.3) is 5.91 Å². The number of carbonyl (C=O) groups is 1. The predicted molar refractivity (Wildman–Crippen MR) is 78.2 cm³/mol. The maximum Gasteiger partial charge on any atom is 0.263 e. The summed E-state index contributed by atoms with van der Waals surface area (Å²) in [5.74, 6) is -0.0557. The van der Waals surface area contributed by atoms with Crippen LogP contribution >= 0.6 is 11.3 Å². The van der Waals surface area contributed by atoms with Crippen molar-refractivity contribution in [2.45, 2.75) is 26.7 Å². The summed E-state index contributed by atoms with van der Waals surface area (Å²) in [4.78, 5) is 12.6. The van der Waals surface area contributed by atoms with Gasteiger partial charge in [0.05, 0.1) is 5.69 Å². The summed E-state index contributed by atoms with van der Waals surface area (Å²) >= 11 is 1.47. The number of nitrogens with two attached hydrogens (primary N) is 1. The molecule has 1 aromatic carbocycles. The van der Waals surface area contributed by atoms with Crippen LogP contribution in [0.3, 0.4) is 0 Å². The van der Waals surface area contributed by atoms with E-state index in [1.807, 2.05) is 19.1 Å². The number of amides is 1. The van der Waals surface area contributed by atoms with E-state index in [-0.39, 0.29) is 5.91 Å². The molecule has 0 spiro atoms. The summed E-state index contributed by atoms with van der Waals surface area (Å²) in [6.07, 6.45) is 2.07. The first kappa shape index (κ1) is 12.9. The second-order valence-corrected chi connectivity index (χ2v) is 5.51. The first-order valence-electron chi connectivity index (χ1n) is 6.20. The minimum Gasteiger partial charge on any atom is -0.397 e. The molecule has 0 fully saturated rings. The second-order valence-electron chi connectivity index (χ2n) is 4.45. The zero-order valence-electron chi connectivity index (χ0n) is 10.7. The van der Waals surface area contributed by atoms with Crippen LogP contribution in [0.4, 0.5) is 5.69 Å². The molecule has 1 amide bonds. The highest BCUT2D eigenvalue weighted by molar-refractivity contribution is 7.21. The fourth-order valence-corrected chi connectivity index (χ4v) is 2.99. The lowest BCUT2D eigenvalue weighted by Gasteiger charge is -2.02. The van der Waals surface area contributed by atoms with Crippen molar-refractivity contribution in [3.8, 4) is 0 Å². The molecule has 4 heteroatoms. The van der Waals surface area contributed by atoms with Gasteiger partial charge >= 0.3 is 0 Å². The molecular weight excluding hydrogens is 244 g/mol. The number of anilines is 1. The summed E-state index contributed by atoms with van der Waals surface area (Å²) in [6.45, 7) is 4.85. The highest BCUT2D eigenvalue weighted by Crippen LogP contribution is 2.34. The molecule has 3 N–H and O–H groups in total. The van der Waals surface area contributed by atoms with E-state index in [1.165, 1.54) is 16.9 Å². The van der Waals surface area contributed by atoms with Crippen LogP contribution < -0.4 is 11.1 Å². The average molecular weight is 262 g/mol. The van der Waals surface area contributed by atoms with E-state index in [1.54, 1.807) is 0 Å². The van der Waals surface area contributed by atoms with Gasteiger partial charge in [-0.1, -0.05) is 25.5 Å². The summed E-state index contributed by atoms with van der Waals surface area (Å²) in [7, 11) is 0. The molecule has 0 saturated carbocycles. The second kappa shape index (κ2) is 5.40. The minimum atomic E-state index is -0.0557. The van der Waals surface area contributed by atoms with Crippen molar-refractivity contribution in [2.24, 2.45) is 0 Å². The molecule has 2 rings (SSSR count). The molecule has 0 aliphatic rings. The smallest absolute Gasteiger partial charge is 0.263 e. The highest BCUT2D eigenvalue weighted by atomic mass is 32.1. The van der Waals surface area contributed by atoms with Gasteiger partial charge in [-0.05, 0) is 25.0 Å². The van der Waals surface area contributed by atoms with Crippen molar-refractivity contribution in [1.29, 1.82) is 0 Å². The molecule has 0 saturated heterocycles. The van der Waals surface area contributed by atoms with E-state index in [9.17, 15) is 4.79 Å². The van der Waals surface area contributed by atoms with E-state index in [0.29, 0.717) is 17.1 Å². The van der Waals surface area contributed by atoms with Gasteiger partial charge in [-0.15, -0.1) is 11.3 Å². The molecule has 1 aromatic heterocycles. The molecule has 18 heavy (non-hydrogen) atoms. The van der Waals surface area contributed by atoms with Crippen LogP contribution in [-0.4, -0.2) is 12.5 Å². The summed E-state index contributed by atoms with van der Waals surface area (Å²) < 4.78 is 1.08. The molecule has 96 valence electrons. The Labute approximate surface area is 111 Å². The summed E-state index contributed by atoms with van der Waals surface area (Å²) in [6, 6.07) is 6.07. The Morgan fingerprint density at radius 3 is 2.94 bits per heavy atom. The van der Waals surface area contributed by atoms with Crippen LogP contribution in [0.2, 0.25) is 0 Å². The van der Waals surface area contributed by atoms with Gasteiger partial charge in [0.15, 0.2) is 0 Å². The minimum absolute atomic E-state index is 0.0557. The number of thiophene rings is 1. The third-order valence-corrected chi connectivity index (χ3v) is 4.07. The normalized spacial score (nSPS) is 10.8. The largest absolute Gasteiger partial charge is 0.397 e. The topological polar surface area (TPSA) is 55.1 Å². The van der Waals surface area contributed by atoms with Crippen molar-refractivity contribution in [3.05, 3.63) is 28.6 Å². The van der Waals surface area contributed by atoms with Gasteiger partial charge < -0.3 is 11.1 Å². The molecule has 3 nitrogen and oxygen atoms in total. The maximum atomic E-state index is 12.0. The number of nitrogens with one attached hydrogen (secondary N) is 1. The maximum absolute atomic E-state index is 12.0. The van der Waals surface area contributed by atoms with Crippen LogP contribution in [0, 0.1) is 6.92 Å². The van der Waals surface area contributed by atoms with E-state index in [2.05, 4.69) is 18.3 Å². The lowest BCUT2D eigenvalue weighted by atomic mass is 10.1. The lowest BCUT2D eigenvalue weighted by Crippen LogP contribution is -2.24. The Hall–Kier alpha value is -1.55. The number of fused-ring (bicyclic) bond motifs is 1. The van der Waals surface area contributed by atoms with Gasteiger partial charge in [-0.25, -0.2) is 0 Å². The molecule has 1 heterocycles. The molecule has 0 atom stereocenters. The van der Waals surface area contributed by atoms with Gasteiger partial charge in [-0.2, -0.15) is 0 Å².